The second kappa shape index (κ2) is 6.62. The minimum atomic E-state index is -3.08. The van der Waals surface area contributed by atoms with E-state index in [2.05, 4.69) is 15.3 Å². The summed E-state index contributed by atoms with van der Waals surface area (Å²) in [5.41, 5.74) is -1.93. The Morgan fingerprint density at radius 1 is 1.45 bits per heavy atom. The topological polar surface area (TPSA) is 60.9 Å². The largest absolute Gasteiger partial charge is 0.370 e. The standard InChI is InChI=1S/C14H17F4N3O/c1-8(6-15)5-14(22,13(17)18)20-7-10-4-9-2-3-19-12(16)11(9)21-10/h2-4,8,13,20-22H,5-7H2,1H3. The van der Waals surface area contributed by atoms with E-state index in [0.717, 1.165) is 0 Å². The highest BCUT2D eigenvalue weighted by atomic mass is 19.3. The molecule has 2 heterocycles. The molecule has 0 aliphatic heterocycles. The first-order valence-electron chi connectivity index (χ1n) is 6.79. The van der Waals surface area contributed by atoms with Gasteiger partial charge in [0.05, 0.1) is 6.67 Å². The number of H-pyrrole nitrogens is 1. The molecule has 0 fully saturated rings. The zero-order valence-corrected chi connectivity index (χ0v) is 11.9. The third-order valence-corrected chi connectivity index (χ3v) is 3.42. The molecular formula is C14H17F4N3O. The minimum absolute atomic E-state index is 0.145. The van der Waals surface area contributed by atoms with Crippen LogP contribution in [0.1, 0.15) is 19.0 Å². The van der Waals surface area contributed by atoms with Gasteiger partial charge in [-0.3, -0.25) is 9.71 Å². The van der Waals surface area contributed by atoms with Crippen molar-refractivity contribution < 1.29 is 22.7 Å². The molecule has 0 radical (unpaired) electrons. The number of nitrogens with zero attached hydrogens (tertiary/aromatic N) is 1. The summed E-state index contributed by atoms with van der Waals surface area (Å²) in [7, 11) is 0. The molecule has 2 unspecified atom stereocenters. The quantitative estimate of drug-likeness (QED) is 0.418. The van der Waals surface area contributed by atoms with Gasteiger partial charge in [-0.25, -0.2) is 13.8 Å². The average Bonchev–Trinajstić information content (AvgIpc) is 2.89. The molecule has 8 heteroatoms. The van der Waals surface area contributed by atoms with Gasteiger partial charge in [0.1, 0.15) is 5.52 Å². The molecule has 22 heavy (non-hydrogen) atoms. The lowest BCUT2D eigenvalue weighted by Gasteiger charge is -2.30. The Hall–Kier alpha value is -1.67. The van der Waals surface area contributed by atoms with Crippen molar-refractivity contribution in [3.8, 4) is 0 Å². The van der Waals surface area contributed by atoms with Gasteiger partial charge < -0.3 is 10.1 Å². The lowest BCUT2D eigenvalue weighted by molar-refractivity contribution is -0.132. The van der Waals surface area contributed by atoms with E-state index in [9.17, 15) is 22.7 Å². The number of aromatic nitrogens is 2. The number of pyridine rings is 1. The van der Waals surface area contributed by atoms with Crippen LogP contribution < -0.4 is 5.32 Å². The first-order chi connectivity index (χ1) is 10.4. The van der Waals surface area contributed by atoms with Crippen LogP contribution in [0, 0.1) is 11.9 Å². The fourth-order valence-electron chi connectivity index (χ4n) is 2.25. The highest BCUT2D eigenvalue weighted by Gasteiger charge is 2.38. The first-order valence-corrected chi connectivity index (χ1v) is 6.79. The molecule has 4 nitrogen and oxygen atoms in total. The Balaban J connectivity index is 2.12. The summed E-state index contributed by atoms with van der Waals surface area (Å²) in [5.74, 6) is -1.41. The van der Waals surface area contributed by atoms with Gasteiger partial charge in [-0.1, -0.05) is 6.92 Å². The molecule has 2 atom stereocenters. The van der Waals surface area contributed by atoms with Crippen LogP contribution in [-0.2, 0) is 6.54 Å². The molecule has 0 saturated carbocycles. The van der Waals surface area contributed by atoms with Crippen molar-refractivity contribution in [2.45, 2.75) is 32.0 Å². The first kappa shape index (κ1) is 16.7. The van der Waals surface area contributed by atoms with Crippen molar-refractivity contribution >= 4 is 10.9 Å². The lowest BCUT2D eigenvalue weighted by atomic mass is 10.00. The SMILES string of the molecule is CC(CF)CC(O)(NCc1cc2ccnc(F)c2[nH]1)C(F)F. The maximum Gasteiger partial charge on any atom is 0.280 e. The molecule has 3 N–H and O–H groups in total. The van der Waals surface area contributed by atoms with Crippen LogP contribution >= 0.6 is 0 Å². The summed E-state index contributed by atoms with van der Waals surface area (Å²) in [6.07, 6.45) is -2.22. The normalized spacial score (nSPS) is 16.1. The van der Waals surface area contributed by atoms with Crippen LogP contribution in [0.4, 0.5) is 17.6 Å². The zero-order valence-electron chi connectivity index (χ0n) is 11.9. The average molecular weight is 319 g/mol. The number of rotatable bonds is 7. The Kier molecular flexibility index (Phi) is 5.02. The van der Waals surface area contributed by atoms with E-state index in [0.29, 0.717) is 11.1 Å². The number of aliphatic hydroxyl groups is 1. The molecule has 0 aliphatic rings. The maximum atomic E-state index is 13.4. The van der Waals surface area contributed by atoms with E-state index in [4.69, 9.17) is 0 Å². The zero-order chi connectivity index (χ0) is 16.3. The highest BCUT2D eigenvalue weighted by molar-refractivity contribution is 5.79. The Labute approximate surface area is 124 Å². The van der Waals surface area contributed by atoms with Gasteiger partial charge in [0.15, 0.2) is 5.72 Å². The van der Waals surface area contributed by atoms with Gasteiger partial charge in [-0.15, -0.1) is 0 Å². The molecule has 0 saturated heterocycles. The molecule has 0 amide bonds. The van der Waals surface area contributed by atoms with Gasteiger partial charge in [-0.2, -0.15) is 4.39 Å². The van der Waals surface area contributed by atoms with Crippen molar-refractivity contribution in [1.82, 2.24) is 15.3 Å². The van der Waals surface area contributed by atoms with Crippen molar-refractivity contribution in [1.29, 1.82) is 0 Å². The monoisotopic (exact) mass is 319 g/mol. The summed E-state index contributed by atoms with van der Waals surface area (Å²) in [5, 5.41) is 12.8. The maximum absolute atomic E-state index is 13.4. The smallest absolute Gasteiger partial charge is 0.280 e. The van der Waals surface area contributed by atoms with Crippen LogP contribution in [-0.4, -0.2) is 33.9 Å². The highest BCUT2D eigenvalue weighted by Crippen LogP contribution is 2.23. The fraction of sp³-hybridized carbons (Fsp3) is 0.500. The van der Waals surface area contributed by atoms with Crippen molar-refractivity contribution in [2.75, 3.05) is 6.67 Å². The lowest BCUT2D eigenvalue weighted by Crippen LogP contribution is -2.52. The molecule has 0 aliphatic carbocycles. The molecule has 0 spiro atoms. The third-order valence-electron chi connectivity index (χ3n) is 3.42. The summed E-state index contributed by atoms with van der Waals surface area (Å²) in [6.45, 7) is 0.479. The number of fused-ring (bicyclic) bond motifs is 1. The van der Waals surface area contributed by atoms with Crippen LogP contribution in [0.25, 0.3) is 10.9 Å². The summed E-state index contributed by atoms with van der Waals surface area (Å²) >= 11 is 0. The van der Waals surface area contributed by atoms with Gasteiger partial charge in [-0.05, 0) is 18.1 Å². The molecule has 122 valence electrons. The molecule has 0 bridgehead atoms. The number of hydrogen-bond acceptors (Lipinski definition) is 3. The molecule has 2 aromatic heterocycles. The van der Waals surface area contributed by atoms with Crippen molar-refractivity contribution in [3.05, 3.63) is 30.0 Å². The Bertz CT molecular complexity index is 634. The predicted molar refractivity (Wildman–Crippen MR) is 73.6 cm³/mol. The number of alkyl halides is 3. The van der Waals surface area contributed by atoms with E-state index < -0.39 is 37.1 Å². The molecule has 2 aromatic rings. The van der Waals surface area contributed by atoms with Gasteiger partial charge in [0, 0.05) is 30.2 Å². The van der Waals surface area contributed by atoms with Crippen molar-refractivity contribution in [2.24, 2.45) is 5.92 Å². The second-order valence-electron chi connectivity index (χ2n) is 5.40. The number of nitrogens with one attached hydrogen (secondary N) is 2. The minimum Gasteiger partial charge on any atom is -0.370 e. The van der Waals surface area contributed by atoms with Gasteiger partial charge in [0.2, 0.25) is 5.95 Å². The fourth-order valence-corrected chi connectivity index (χ4v) is 2.25. The number of hydrogen-bond donors (Lipinski definition) is 3. The van der Waals surface area contributed by atoms with E-state index in [1.165, 1.54) is 13.1 Å². The van der Waals surface area contributed by atoms with Crippen LogP contribution in [0.15, 0.2) is 18.3 Å². The summed E-state index contributed by atoms with van der Waals surface area (Å²) < 4.78 is 52.0. The van der Waals surface area contributed by atoms with Crippen LogP contribution in [0.3, 0.4) is 0 Å². The van der Waals surface area contributed by atoms with Crippen molar-refractivity contribution in [3.63, 3.8) is 0 Å². The van der Waals surface area contributed by atoms with E-state index >= 15 is 0 Å². The van der Waals surface area contributed by atoms with E-state index in [1.54, 1.807) is 12.1 Å². The van der Waals surface area contributed by atoms with Gasteiger partial charge in [0.25, 0.3) is 6.43 Å². The van der Waals surface area contributed by atoms with E-state index in [1.807, 2.05) is 0 Å². The van der Waals surface area contributed by atoms with Crippen LogP contribution in [0.2, 0.25) is 0 Å². The number of halogens is 4. The Morgan fingerprint density at radius 3 is 2.77 bits per heavy atom. The number of aromatic amines is 1. The Morgan fingerprint density at radius 2 is 2.18 bits per heavy atom. The van der Waals surface area contributed by atoms with Gasteiger partial charge >= 0.3 is 0 Å². The summed E-state index contributed by atoms with van der Waals surface area (Å²) in [6, 6.07) is 3.14. The predicted octanol–water partition coefficient (Wildman–Crippen LogP) is 2.74. The summed E-state index contributed by atoms with van der Waals surface area (Å²) in [4.78, 5) is 6.19. The van der Waals surface area contributed by atoms with Crippen LogP contribution in [0.5, 0.6) is 0 Å². The molecule has 0 aromatic carbocycles. The molecular weight excluding hydrogens is 302 g/mol. The van der Waals surface area contributed by atoms with E-state index in [-0.39, 0.29) is 12.1 Å². The third kappa shape index (κ3) is 3.56. The second-order valence-corrected chi connectivity index (χ2v) is 5.40. The molecule has 2 rings (SSSR count).